The van der Waals surface area contributed by atoms with Gasteiger partial charge in [0.2, 0.25) is 10.0 Å². The SMILES string of the molecule is CC(NS(=O)(=O)c1cccc2cccnc12)C1CCCO1. The number of nitrogens with one attached hydrogen (secondary N) is 1. The van der Waals surface area contributed by atoms with E-state index in [2.05, 4.69) is 9.71 Å². The van der Waals surface area contributed by atoms with Crippen molar-refractivity contribution in [2.24, 2.45) is 0 Å². The van der Waals surface area contributed by atoms with Crippen LogP contribution in [0.5, 0.6) is 0 Å². The first-order chi connectivity index (χ1) is 10.1. The van der Waals surface area contributed by atoms with Crippen LogP contribution in [-0.4, -0.2) is 32.2 Å². The normalized spacial score (nSPS) is 20.7. The van der Waals surface area contributed by atoms with Gasteiger partial charge in [-0.25, -0.2) is 13.1 Å². The van der Waals surface area contributed by atoms with Crippen molar-refractivity contribution in [3.63, 3.8) is 0 Å². The van der Waals surface area contributed by atoms with Crippen molar-refractivity contribution in [3.8, 4) is 0 Å². The molecule has 2 aromatic rings. The van der Waals surface area contributed by atoms with Gasteiger partial charge >= 0.3 is 0 Å². The maximum Gasteiger partial charge on any atom is 0.243 e. The molecule has 0 bridgehead atoms. The van der Waals surface area contributed by atoms with Gasteiger partial charge in [-0.2, -0.15) is 0 Å². The molecule has 1 saturated heterocycles. The molecule has 0 radical (unpaired) electrons. The number of fused-ring (bicyclic) bond motifs is 1. The summed E-state index contributed by atoms with van der Waals surface area (Å²) in [5, 5.41) is 0.810. The van der Waals surface area contributed by atoms with Crippen LogP contribution in [0.25, 0.3) is 10.9 Å². The molecule has 2 unspecified atom stereocenters. The maximum atomic E-state index is 12.6. The topological polar surface area (TPSA) is 68.3 Å². The highest BCUT2D eigenvalue weighted by molar-refractivity contribution is 7.89. The second kappa shape index (κ2) is 5.71. The van der Waals surface area contributed by atoms with Crippen LogP contribution in [0, 0.1) is 0 Å². The Morgan fingerprint density at radius 2 is 2.14 bits per heavy atom. The molecule has 0 saturated carbocycles. The fourth-order valence-corrected chi connectivity index (χ4v) is 4.13. The van der Waals surface area contributed by atoms with Crippen LogP contribution in [0.15, 0.2) is 41.4 Å². The summed E-state index contributed by atoms with van der Waals surface area (Å²) in [6.07, 6.45) is 3.41. The van der Waals surface area contributed by atoms with E-state index in [0.29, 0.717) is 12.1 Å². The quantitative estimate of drug-likeness (QED) is 0.939. The second-order valence-electron chi connectivity index (χ2n) is 5.29. The molecular weight excluding hydrogens is 288 g/mol. The first-order valence-electron chi connectivity index (χ1n) is 7.05. The maximum absolute atomic E-state index is 12.6. The molecule has 1 N–H and O–H groups in total. The van der Waals surface area contributed by atoms with Crippen LogP contribution >= 0.6 is 0 Å². The lowest BCUT2D eigenvalue weighted by molar-refractivity contribution is 0.0902. The highest BCUT2D eigenvalue weighted by Crippen LogP contribution is 2.22. The lowest BCUT2D eigenvalue weighted by atomic mass is 10.1. The number of para-hydroxylation sites is 1. The summed E-state index contributed by atoms with van der Waals surface area (Å²) >= 11 is 0. The van der Waals surface area contributed by atoms with Crippen molar-refractivity contribution >= 4 is 20.9 Å². The number of hydrogen-bond donors (Lipinski definition) is 1. The van der Waals surface area contributed by atoms with E-state index in [1.54, 1.807) is 24.4 Å². The Bertz CT molecular complexity index is 734. The standard InChI is InChI=1S/C15H18N2O3S/c1-11(13-7-4-10-20-13)17-21(18,19)14-8-2-5-12-6-3-9-16-15(12)14/h2-3,5-6,8-9,11,13,17H,4,7,10H2,1H3. The number of hydrogen-bond acceptors (Lipinski definition) is 4. The Morgan fingerprint density at radius 3 is 2.90 bits per heavy atom. The van der Waals surface area contributed by atoms with Crippen LogP contribution in [0.1, 0.15) is 19.8 Å². The first-order valence-corrected chi connectivity index (χ1v) is 8.54. The third-order valence-corrected chi connectivity index (χ3v) is 5.34. The Balaban J connectivity index is 1.93. The lowest BCUT2D eigenvalue weighted by Gasteiger charge is -2.20. The van der Waals surface area contributed by atoms with Gasteiger partial charge in [0.1, 0.15) is 4.90 Å². The fraction of sp³-hybridized carbons (Fsp3) is 0.400. The molecule has 0 amide bonds. The van der Waals surface area contributed by atoms with E-state index < -0.39 is 10.0 Å². The fourth-order valence-electron chi connectivity index (χ4n) is 2.67. The second-order valence-corrected chi connectivity index (χ2v) is 6.98. The number of nitrogens with zero attached hydrogens (tertiary/aromatic N) is 1. The molecule has 0 spiro atoms. The van der Waals surface area contributed by atoms with Gasteiger partial charge in [-0.1, -0.05) is 18.2 Å². The van der Waals surface area contributed by atoms with Gasteiger partial charge in [0.05, 0.1) is 11.6 Å². The van der Waals surface area contributed by atoms with Crippen LogP contribution in [0.4, 0.5) is 0 Å². The predicted molar refractivity (Wildman–Crippen MR) is 80.5 cm³/mol. The number of benzene rings is 1. The summed E-state index contributed by atoms with van der Waals surface area (Å²) in [5.74, 6) is 0. The first kappa shape index (κ1) is 14.4. The summed E-state index contributed by atoms with van der Waals surface area (Å²) < 4.78 is 33.5. The molecule has 1 aromatic carbocycles. The van der Waals surface area contributed by atoms with E-state index >= 15 is 0 Å². The molecule has 1 aromatic heterocycles. The molecule has 21 heavy (non-hydrogen) atoms. The Labute approximate surface area is 124 Å². The van der Waals surface area contributed by atoms with E-state index in [1.807, 2.05) is 19.1 Å². The zero-order valence-electron chi connectivity index (χ0n) is 11.8. The number of sulfonamides is 1. The van der Waals surface area contributed by atoms with Crippen molar-refractivity contribution in [1.82, 2.24) is 9.71 Å². The van der Waals surface area contributed by atoms with E-state index in [9.17, 15) is 8.42 Å². The average Bonchev–Trinajstić information content (AvgIpc) is 3.00. The zero-order valence-corrected chi connectivity index (χ0v) is 12.6. The molecule has 2 atom stereocenters. The Hall–Kier alpha value is -1.50. The van der Waals surface area contributed by atoms with Crippen LogP contribution in [0.2, 0.25) is 0 Å². The van der Waals surface area contributed by atoms with Gasteiger partial charge in [-0.15, -0.1) is 0 Å². The highest BCUT2D eigenvalue weighted by Gasteiger charge is 2.28. The smallest absolute Gasteiger partial charge is 0.243 e. The molecule has 2 heterocycles. The van der Waals surface area contributed by atoms with E-state index in [0.717, 1.165) is 18.2 Å². The largest absolute Gasteiger partial charge is 0.377 e. The van der Waals surface area contributed by atoms with Gasteiger partial charge in [0.25, 0.3) is 0 Å². The zero-order chi connectivity index (χ0) is 14.9. The van der Waals surface area contributed by atoms with Crippen molar-refractivity contribution < 1.29 is 13.2 Å². The molecule has 1 aliphatic rings. The molecule has 1 fully saturated rings. The minimum Gasteiger partial charge on any atom is -0.377 e. The Morgan fingerprint density at radius 1 is 1.33 bits per heavy atom. The van der Waals surface area contributed by atoms with E-state index in [4.69, 9.17) is 4.74 Å². The molecular formula is C15H18N2O3S. The van der Waals surface area contributed by atoms with Crippen molar-refractivity contribution in [3.05, 3.63) is 36.5 Å². The average molecular weight is 306 g/mol. The van der Waals surface area contributed by atoms with Crippen LogP contribution in [-0.2, 0) is 14.8 Å². The molecule has 3 rings (SSSR count). The van der Waals surface area contributed by atoms with Gasteiger partial charge in [-0.05, 0) is 31.9 Å². The predicted octanol–water partition coefficient (Wildman–Crippen LogP) is 2.08. The summed E-state index contributed by atoms with van der Waals surface area (Å²) in [6, 6.07) is 8.56. The highest BCUT2D eigenvalue weighted by atomic mass is 32.2. The molecule has 1 aliphatic heterocycles. The van der Waals surface area contributed by atoms with Gasteiger partial charge in [0, 0.05) is 24.2 Å². The minimum absolute atomic E-state index is 0.0530. The number of rotatable bonds is 4. The lowest BCUT2D eigenvalue weighted by Crippen LogP contribution is -2.40. The summed E-state index contributed by atoms with van der Waals surface area (Å²) in [4.78, 5) is 4.42. The Kier molecular flexibility index (Phi) is 3.93. The molecule has 5 nitrogen and oxygen atoms in total. The van der Waals surface area contributed by atoms with Crippen molar-refractivity contribution in [1.29, 1.82) is 0 Å². The monoisotopic (exact) mass is 306 g/mol. The third-order valence-electron chi connectivity index (χ3n) is 3.75. The van der Waals surface area contributed by atoms with Crippen molar-refractivity contribution in [2.75, 3.05) is 6.61 Å². The number of aromatic nitrogens is 1. The summed E-state index contributed by atoms with van der Waals surface area (Å²) in [5.41, 5.74) is 0.493. The number of pyridine rings is 1. The van der Waals surface area contributed by atoms with Crippen molar-refractivity contribution in [2.45, 2.75) is 36.8 Å². The summed E-state index contributed by atoms with van der Waals surface area (Å²) in [7, 11) is -3.62. The van der Waals surface area contributed by atoms with E-state index in [-0.39, 0.29) is 17.0 Å². The van der Waals surface area contributed by atoms with Gasteiger partial charge < -0.3 is 4.74 Å². The molecule has 0 aliphatic carbocycles. The van der Waals surface area contributed by atoms with Crippen LogP contribution < -0.4 is 4.72 Å². The molecule has 112 valence electrons. The van der Waals surface area contributed by atoms with Gasteiger partial charge in [-0.3, -0.25) is 4.98 Å². The van der Waals surface area contributed by atoms with Gasteiger partial charge in [0.15, 0.2) is 0 Å². The summed E-state index contributed by atoms with van der Waals surface area (Å²) in [6.45, 7) is 2.54. The van der Waals surface area contributed by atoms with Crippen LogP contribution in [0.3, 0.4) is 0 Å². The van der Waals surface area contributed by atoms with E-state index in [1.165, 1.54) is 0 Å². The number of ether oxygens (including phenoxy) is 1. The molecule has 6 heteroatoms. The third kappa shape index (κ3) is 2.92. The minimum atomic E-state index is -3.62.